The number of ketones is 1. The van der Waals surface area contributed by atoms with Gasteiger partial charge in [-0.15, -0.1) is 21.5 Å². The molecule has 0 unspecified atom stereocenters. The first-order valence-corrected chi connectivity index (χ1v) is 13.6. The Morgan fingerprint density at radius 3 is 2.46 bits per heavy atom. The van der Waals surface area contributed by atoms with Gasteiger partial charge >= 0.3 is 6.09 Å². The van der Waals surface area contributed by atoms with Crippen molar-refractivity contribution < 1.29 is 23.5 Å². The normalized spacial score (nSPS) is 12.1. The van der Waals surface area contributed by atoms with Gasteiger partial charge in [-0.25, -0.2) is 9.78 Å². The average Bonchev–Trinajstić information content (AvgIpc) is 3.68. The van der Waals surface area contributed by atoms with Crippen LogP contribution in [0.3, 0.4) is 0 Å². The third kappa shape index (κ3) is 6.40. The summed E-state index contributed by atoms with van der Waals surface area (Å²) >= 11 is 1.54. The largest absolute Gasteiger partial charge is 0.453 e. The molecule has 4 rings (SSSR count). The molecule has 0 radical (unpaired) electrons. The number of nitrogens with zero attached hydrogens (tertiary/aromatic N) is 4. The van der Waals surface area contributed by atoms with E-state index in [1.165, 1.54) is 17.5 Å². The fourth-order valence-electron chi connectivity index (χ4n) is 4.05. The van der Waals surface area contributed by atoms with Gasteiger partial charge in [0.2, 0.25) is 17.6 Å². The SMILES string of the molecule is COC(=O)Nc1cnc(-c2ccccc2)n(CC(=O)N[C@@H](C(=O)c2nnc(C(C)(C)c3cccs3)o2)C(C)C)c1=O. The molecule has 3 aromatic heterocycles. The Balaban J connectivity index is 1.60. The molecule has 214 valence electrons. The maximum atomic E-state index is 13.4. The van der Waals surface area contributed by atoms with E-state index in [1.807, 2.05) is 31.4 Å². The fraction of sp³-hybridized carbons (Fsp3) is 0.321. The lowest BCUT2D eigenvalue weighted by Crippen LogP contribution is -2.46. The smallest absolute Gasteiger partial charge is 0.411 e. The van der Waals surface area contributed by atoms with Crippen LogP contribution < -0.4 is 16.2 Å². The van der Waals surface area contributed by atoms with Crippen LogP contribution in [0, 0.1) is 5.92 Å². The molecular formula is C28H30N6O6S. The highest BCUT2D eigenvalue weighted by Crippen LogP contribution is 2.33. The third-order valence-electron chi connectivity index (χ3n) is 6.38. The number of carbonyl (C=O) groups is 3. The molecule has 13 heteroatoms. The molecular weight excluding hydrogens is 548 g/mol. The van der Waals surface area contributed by atoms with Crippen LogP contribution in [-0.4, -0.2) is 50.7 Å². The van der Waals surface area contributed by atoms with Gasteiger partial charge in [-0.05, 0) is 31.2 Å². The van der Waals surface area contributed by atoms with E-state index in [4.69, 9.17) is 4.42 Å². The minimum absolute atomic E-state index is 0.174. The second-order valence-corrected chi connectivity index (χ2v) is 11.0. The predicted molar refractivity (Wildman–Crippen MR) is 152 cm³/mol. The Morgan fingerprint density at radius 1 is 1.10 bits per heavy atom. The average molecular weight is 579 g/mol. The molecule has 0 saturated carbocycles. The van der Waals surface area contributed by atoms with Gasteiger partial charge in [0.1, 0.15) is 18.1 Å². The number of ether oxygens (including phenoxy) is 1. The van der Waals surface area contributed by atoms with E-state index in [2.05, 4.69) is 30.6 Å². The van der Waals surface area contributed by atoms with Crippen LogP contribution in [0.2, 0.25) is 0 Å². The predicted octanol–water partition coefficient (Wildman–Crippen LogP) is 3.88. The third-order valence-corrected chi connectivity index (χ3v) is 7.57. The number of hydrogen-bond acceptors (Lipinski definition) is 10. The van der Waals surface area contributed by atoms with Crippen molar-refractivity contribution in [2.24, 2.45) is 5.92 Å². The molecule has 12 nitrogen and oxygen atoms in total. The van der Waals surface area contributed by atoms with Crippen molar-refractivity contribution >= 4 is 34.8 Å². The highest BCUT2D eigenvalue weighted by atomic mass is 32.1. The summed E-state index contributed by atoms with van der Waals surface area (Å²) in [6.07, 6.45) is 0.334. The van der Waals surface area contributed by atoms with Crippen LogP contribution in [0.25, 0.3) is 11.4 Å². The van der Waals surface area contributed by atoms with Crippen LogP contribution >= 0.6 is 11.3 Å². The minimum atomic E-state index is -1.01. The number of rotatable bonds is 10. The monoisotopic (exact) mass is 578 g/mol. The molecule has 3 heterocycles. The summed E-state index contributed by atoms with van der Waals surface area (Å²) in [6, 6.07) is 11.6. The number of thiophene rings is 1. The molecule has 0 bridgehead atoms. The van der Waals surface area contributed by atoms with Crippen LogP contribution in [0.1, 0.15) is 49.1 Å². The van der Waals surface area contributed by atoms with Crippen molar-refractivity contribution in [2.75, 3.05) is 12.4 Å². The molecule has 0 aliphatic carbocycles. The second-order valence-electron chi connectivity index (χ2n) is 10.0. The van der Waals surface area contributed by atoms with Crippen LogP contribution in [0.5, 0.6) is 0 Å². The lowest BCUT2D eigenvalue weighted by Gasteiger charge is -2.21. The zero-order chi connectivity index (χ0) is 29.7. The first-order chi connectivity index (χ1) is 19.5. The van der Waals surface area contributed by atoms with E-state index in [1.54, 1.807) is 44.2 Å². The summed E-state index contributed by atoms with van der Waals surface area (Å²) in [7, 11) is 1.16. The molecule has 1 atom stereocenters. The first kappa shape index (κ1) is 29.3. The zero-order valence-electron chi connectivity index (χ0n) is 23.2. The van der Waals surface area contributed by atoms with Gasteiger partial charge in [-0.1, -0.05) is 50.2 Å². The highest BCUT2D eigenvalue weighted by molar-refractivity contribution is 7.10. The zero-order valence-corrected chi connectivity index (χ0v) is 24.0. The number of carbonyl (C=O) groups excluding carboxylic acids is 3. The van der Waals surface area contributed by atoms with Gasteiger partial charge in [-0.2, -0.15) is 0 Å². The maximum absolute atomic E-state index is 13.4. The Hall–Kier alpha value is -4.65. The van der Waals surface area contributed by atoms with Crippen LogP contribution in [0.4, 0.5) is 10.5 Å². The standard InChI is InChI=1S/C28H30N6O6S/c1-16(2)21(22(36)24-32-33-26(40-24)28(3,4)19-12-9-13-41-19)31-20(35)15-34-23(17-10-7-6-8-11-17)29-14-18(25(34)37)30-27(38)39-5/h6-14,16,21H,15H2,1-5H3,(H,30,38)(H,31,35)/t21-/m1/s1. The summed E-state index contributed by atoms with van der Waals surface area (Å²) in [5, 5.41) is 15.0. The van der Waals surface area contributed by atoms with Crippen molar-refractivity contribution in [1.29, 1.82) is 0 Å². The Labute approximate surface area is 239 Å². The topological polar surface area (TPSA) is 158 Å². The summed E-state index contributed by atoms with van der Waals surface area (Å²) in [5.41, 5.74) is -0.886. The van der Waals surface area contributed by atoms with Crippen molar-refractivity contribution in [3.63, 3.8) is 0 Å². The number of Topliss-reactive ketones (excluding diaryl/α,β-unsaturated/α-hetero) is 1. The number of benzene rings is 1. The number of methoxy groups -OCH3 is 1. The second kappa shape index (κ2) is 12.3. The number of anilines is 1. The molecule has 0 spiro atoms. The van der Waals surface area contributed by atoms with Crippen molar-refractivity contribution in [2.45, 2.75) is 45.7 Å². The van der Waals surface area contributed by atoms with Gasteiger partial charge in [-0.3, -0.25) is 24.3 Å². The number of aromatic nitrogens is 4. The van der Waals surface area contributed by atoms with Gasteiger partial charge < -0.3 is 14.5 Å². The molecule has 0 aliphatic rings. The molecule has 2 amide bonds. The summed E-state index contributed by atoms with van der Waals surface area (Å²) in [5.74, 6) is -1.28. The molecule has 4 aromatic rings. The minimum Gasteiger partial charge on any atom is -0.453 e. The lowest BCUT2D eigenvalue weighted by molar-refractivity contribution is -0.122. The van der Waals surface area contributed by atoms with Gasteiger partial charge in [0.25, 0.3) is 11.4 Å². The Morgan fingerprint density at radius 2 is 1.83 bits per heavy atom. The van der Waals surface area contributed by atoms with E-state index in [9.17, 15) is 19.2 Å². The molecule has 0 aliphatic heterocycles. The quantitative estimate of drug-likeness (QED) is 0.266. The molecule has 41 heavy (non-hydrogen) atoms. The number of hydrogen-bond donors (Lipinski definition) is 2. The van der Waals surface area contributed by atoms with E-state index in [0.717, 1.165) is 16.6 Å². The summed E-state index contributed by atoms with van der Waals surface area (Å²) in [4.78, 5) is 57.0. The van der Waals surface area contributed by atoms with E-state index < -0.39 is 41.3 Å². The molecule has 2 N–H and O–H groups in total. The molecule has 0 saturated heterocycles. The van der Waals surface area contributed by atoms with Crippen molar-refractivity contribution in [1.82, 2.24) is 25.1 Å². The summed E-state index contributed by atoms with van der Waals surface area (Å²) < 4.78 is 11.5. The van der Waals surface area contributed by atoms with Crippen molar-refractivity contribution in [3.8, 4) is 11.4 Å². The van der Waals surface area contributed by atoms with E-state index in [-0.39, 0.29) is 29.2 Å². The molecule has 1 aromatic carbocycles. The highest BCUT2D eigenvalue weighted by Gasteiger charge is 2.34. The lowest BCUT2D eigenvalue weighted by atomic mass is 9.91. The van der Waals surface area contributed by atoms with E-state index >= 15 is 0 Å². The Kier molecular flexibility index (Phi) is 8.77. The van der Waals surface area contributed by atoms with Crippen molar-refractivity contribution in [3.05, 3.63) is 81.1 Å². The van der Waals surface area contributed by atoms with Crippen LogP contribution in [0.15, 0.2) is 63.3 Å². The number of amides is 2. The van der Waals surface area contributed by atoms with Crippen LogP contribution in [-0.2, 0) is 21.5 Å². The fourth-order valence-corrected chi connectivity index (χ4v) is 4.89. The van der Waals surface area contributed by atoms with Gasteiger partial charge in [0.05, 0.1) is 24.8 Å². The van der Waals surface area contributed by atoms with Gasteiger partial charge in [0, 0.05) is 10.4 Å². The summed E-state index contributed by atoms with van der Waals surface area (Å²) in [6.45, 7) is 6.88. The van der Waals surface area contributed by atoms with E-state index in [0.29, 0.717) is 5.56 Å². The van der Waals surface area contributed by atoms with Gasteiger partial charge in [0.15, 0.2) is 0 Å². The Bertz CT molecular complexity index is 1590. The maximum Gasteiger partial charge on any atom is 0.411 e. The molecule has 0 fully saturated rings. The number of nitrogens with one attached hydrogen (secondary N) is 2. The first-order valence-electron chi connectivity index (χ1n) is 12.7.